The lowest BCUT2D eigenvalue weighted by Gasteiger charge is -2.11. The van der Waals surface area contributed by atoms with Crippen LogP contribution in [0, 0.1) is 6.92 Å². The molecule has 1 aromatic heterocycles. The first-order valence-electron chi connectivity index (χ1n) is 5.96. The molecule has 2 rings (SSSR count). The van der Waals surface area contributed by atoms with Crippen molar-refractivity contribution < 1.29 is 9.32 Å². The molecule has 0 bridgehead atoms. The van der Waals surface area contributed by atoms with Gasteiger partial charge in [0.2, 0.25) is 5.91 Å². The first kappa shape index (κ1) is 12.8. The number of carbonyl (C=O) groups excluding carboxylic acids is 1. The van der Waals surface area contributed by atoms with Gasteiger partial charge in [-0.25, -0.2) is 0 Å². The molecule has 6 heteroatoms. The van der Waals surface area contributed by atoms with Crippen LogP contribution >= 0.6 is 0 Å². The van der Waals surface area contributed by atoms with Crippen LogP contribution in [0.2, 0.25) is 0 Å². The minimum Gasteiger partial charge on any atom is -0.338 e. The Balaban J connectivity index is 1.93. The van der Waals surface area contributed by atoms with E-state index in [9.17, 15) is 4.79 Å². The second-order valence-corrected chi connectivity index (χ2v) is 4.88. The number of hydrogen-bond donors (Lipinski definition) is 1. The highest BCUT2D eigenvalue weighted by atomic mass is 16.5. The smallest absolute Gasteiger partial charge is 0.252 e. The summed E-state index contributed by atoms with van der Waals surface area (Å²) in [5.41, 5.74) is -0.430. The van der Waals surface area contributed by atoms with Crippen molar-refractivity contribution in [1.82, 2.24) is 20.4 Å². The van der Waals surface area contributed by atoms with Crippen LogP contribution in [-0.4, -0.2) is 41.6 Å². The number of amides is 1. The summed E-state index contributed by atoms with van der Waals surface area (Å²) in [6, 6.07) is 0. The van der Waals surface area contributed by atoms with Crippen LogP contribution in [0.5, 0.6) is 0 Å². The molecule has 1 aromatic rings. The predicted octanol–water partition coefficient (Wildman–Crippen LogP) is 0.601. The lowest BCUT2D eigenvalue weighted by atomic mass is 10.2. The van der Waals surface area contributed by atoms with Gasteiger partial charge in [-0.2, -0.15) is 4.98 Å². The fourth-order valence-electron chi connectivity index (χ4n) is 1.66. The number of hydrogen-bond acceptors (Lipinski definition) is 5. The summed E-state index contributed by atoms with van der Waals surface area (Å²) in [5, 5.41) is 6.68. The molecule has 1 amide bonds. The average Bonchev–Trinajstić information content (AvgIpc) is 2.91. The minimum atomic E-state index is -0.430. The zero-order valence-corrected chi connectivity index (χ0v) is 10.9. The van der Waals surface area contributed by atoms with Crippen LogP contribution < -0.4 is 5.32 Å². The van der Waals surface area contributed by atoms with Crippen LogP contribution in [0.15, 0.2) is 16.7 Å². The van der Waals surface area contributed by atoms with Gasteiger partial charge in [0, 0.05) is 12.6 Å². The fraction of sp³-hybridized carbons (Fsp3) is 0.583. The summed E-state index contributed by atoms with van der Waals surface area (Å²) in [4.78, 5) is 17.9. The summed E-state index contributed by atoms with van der Waals surface area (Å²) >= 11 is 0. The average molecular weight is 250 g/mol. The van der Waals surface area contributed by atoms with E-state index < -0.39 is 5.54 Å². The second-order valence-electron chi connectivity index (χ2n) is 4.88. The van der Waals surface area contributed by atoms with Crippen LogP contribution in [0.25, 0.3) is 0 Å². The minimum absolute atomic E-state index is 0.120. The summed E-state index contributed by atoms with van der Waals surface area (Å²) in [5.74, 6) is 0.980. The standard InChI is InChI=1S/C12H18N4O2/c1-9-13-11(18-15-9)12(6-7-12)14-10(17)5-4-8-16(2)3/h4-5H,6-8H2,1-3H3,(H,14,17)/b5-4+. The van der Waals surface area contributed by atoms with Gasteiger partial charge in [0.15, 0.2) is 5.82 Å². The van der Waals surface area contributed by atoms with E-state index in [0.29, 0.717) is 11.7 Å². The van der Waals surface area contributed by atoms with Crippen molar-refractivity contribution in [3.05, 3.63) is 23.9 Å². The second kappa shape index (κ2) is 4.89. The Kier molecular flexibility index (Phi) is 3.47. The molecule has 1 heterocycles. The largest absolute Gasteiger partial charge is 0.338 e. The number of aromatic nitrogens is 2. The molecule has 1 N–H and O–H groups in total. The van der Waals surface area contributed by atoms with Crippen molar-refractivity contribution in [2.24, 2.45) is 0 Å². The van der Waals surface area contributed by atoms with Crippen molar-refractivity contribution in [2.75, 3.05) is 20.6 Å². The van der Waals surface area contributed by atoms with Crippen LogP contribution in [0.1, 0.15) is 24.6 Å². The number of nitrogens with zero attached hydrogens (tertiary/aromatic N) is 3. The third-order valence-electron chi connectivity index (χ3n) is 2.79. The van der Waals surface area contributed by atoms with Gasteiger partial charge in [0.05, 0.1) is 0 Å². The zero-order chi connectivity index (χ0) is 13.2. The maximum atomic E-state index is 11.8. The summed E-state index contributed by atoms with van der Waals surface area (Å²) in [6.07, 6.45) is 5.07. The van der Waals surface area contributed by atoms with E-state index >= 15 is 0 Å². The first-order valence-corrected chi connectivity index (χ1v) is 5.96. The molecule has 18 heavy (non-hydrogen) atoms. The molecule has 1 aliphatic carbocycles. The maximum absolute atomic E-state index is 11.8. The van der Waals surface area contributed by atoms with Gasteiger partial charge >= 0.3 is 0 Å². The monoisotopic (exact) mass is 250 g/mol. The molecular formula is C12H18N4O2. The molecule has 0 unspecified atom stereocenters. The van der Waals surface area contributed by atoms with E-state index in [2.05, 4.69) is 15.5 Å². The van der Waals surface area contributed by atoms with E-state index in [-0.39, 0.29) is 5.91 Å². The normalized spacial score (nSPS) is 17.3. The first-order chi connectivity index (χ1) is 8.52. The molecule has 0 saturated heterocycles. The quantitative estimate of drug-likeness (QED) is 0.775. The van der Waals surface area contributed by atoms with Gasteiger partial charge in [-0.3, -0.25) is 4.79 Å². The van der Waals surface area contributed by atoms with E-state index in [1.54, 1.807) is 13.0 Å². The maximum Gasteiger partial charge on any atom is 0.252 e. The van der Waals surface area contributed by atoms with E-state index in [1.165, 1.54) is 0 Å². The van der Waals surface area contributed by atoms with Crippen LogP contribution in [0.4, 0.5) is 0 Å². The third-order valence-corrected chi connectivity index (χ3v) is 2.79. The van der Waals surface area contributed by atoms with Gasteiger partial charge < -0.3 is 14.7 Å². The number of carbonyl (C=O) groups is 1. The van der Waals surface area contributed by atoms with Crippen molar-refractivity contribution in [3.63, 3.8) is 0 Å². The molecule has 0 aliphatic heterocycles. The zero-order valence-electron chi connectivity index (χ0n) is 10.9. The molecule has 98 valence electrons. The SMILES string of the molecule is Cc1noc(C2(NC(=O)/C=C/CN(C)C)CC2)n1. The molecule has 0 spiro atoms. The Morgan fingerprint density at radius 2 is 2.28 bits per heavy atom. The van der Waals surface area contributed by atoms with Gasteiger partial charge in [0.25, 0.3) is 5.89 Å². The molecule has 1 saturated carbocycles. The van der Waals surface area contributed by atoms with E-state index in [1.807, 2.05) is 25.1 Å². The summed E-state index contributed by atoms with van der Waals surface area (Å²) in [6.45, 7) is 2.50. The molecule has 0 radical (unpaired) electrons. The number of aryl methyl sites for hydroxylation is 1. The van der Waals surface area contributed by atoms with Crippen molar-refractivity contribution in [3.8, 4) is 0 Å². The Labute approximate surface area is 106 Å². The van der Waals surface area contributed by atoms with E-state index in [0.717, 1.165) is 19.4 Å². The molecule has 1 aliphatic rings. The molecule has 0 aromatic carbocycles. The van der Waals surface area contributed by atoms with Crippen molar-refractivity contribution in [2.45, 2.75) is 25.3 Å². The summed E-state index contributed by atoms with van der Waals surface area (Å²) in [7, 11) is 3.90. The number of likely N-dealkylation sites (N-methyl/N-ethyl adjacent to an activating group) is 1. The van der Waals surface area contributed by atoms with Crippen LogP contribution in [0.3, 0.4) is 0 Å². The third kappa shape index (κ3) is 2.95. The molecule has 0 atom stereocenters. The van der Waals surface area contributed by atoms with E-state index in [4.69, 9.17) is 4.52 Å². The van der Waals surface area contributed by atoms with Crippen LogP contribution in [-0.2, 0) is 10.3 Å². The lowest BCUT2D eigenvalue weighted by molar-refractivity contribution is -0.117. The predicted molar refractivity (Wildman–Crippen MR) is 65.8 cm³/mol. The Morgan fingerprint density at radius 3 is 2.78 bits per heavy atom. The number of nitrogens with one attached hydrogen (secondary N) is 1. The Bertz CT molecular complexity index is 460. The fourth-order valence-corrected chi connectivity index (χ4v) is 1.66. The molecular weight excluding hydrogens is 232 g/mol. The van der Waals surface area contributed by atoms with Gasteiger partial charge in [0.1, 0.15) is 5.54 Å². The van der Waals surface area contributed by atoms with Gasteiger partial charge in [-0.05, 0) is 33.9 Å². The highest BCUT2D eigenvalue weighted by Gasteiger charge is 2.50. The Hall–Kier alpha value is -1.69. The van der Waals surface area contributed by atoms with Crippen molar-refractivity contribution >= 4 is 5.91 Å². The molecule has 6 nitrogen and oxygen atoms in total. The number of rotatable bonds is 5. The Morgan fingerprint density at radius 1 is 1.56 bits per heavy atom. The topological polar surface area (TPSA) is 71.3 Å². The lowest BCUT2D eigenvalue weighted by Crippen LogP contribution is -2.34. The van der Waals surface area contributed by atoms with Gasteiger partial charge in [-0.15, -0.1) is 0 Å². The summed E-state index contributed by atoms with van der Waals surface area (Å²) < 4.78 is 5.13. The van der Waals surface area contributed by atoms with Crippen molar-refractivity contribution in [1.29, 1.82) is 0 Å². The highest BCUT2D eigenvalue weighted by Crippen LogP contribution is 2.44. The van der Waals surface area contributed by atoms with Gasteiger partial charge in [-0.1, -0.05) is 11.2 Å². The molecule has 1 fully saturated rings. The highest BCUT2D eigenvalue weighted by molar-refractivity contribution is 5.88.